The fourth-order valence-electron chi connectivity index (χ4n) is 3.22. The van der Waals surface area contributed by atoms with Gasteiger partial charge >= 0.3 is 6.09 Å². The molecule has 152 valence electrons. The topological polar surface area (TPSA) is 115 Å². The van der Waals surface area contributed by atoms with Crippen molar-refractivity contribution in [2.75, 3.05) is 6.61 Å². The first-order valence-electron chi connectivity index (χ1n) is 9.64. The number of primary amides is 1. The average Bonchev–Trinajstić information content (AvgIpc) is 2.62. The third-order valence-corrected chi connectivity index (χ3v) is 4.44. The Balaban J connectivity index is 2.60. The van der Waals surface area contributed by atoms with Crippen LogP contribution in [0.4, 0.5) is 4.79 Å². The molecule has 1 heterocycles. The van der Waals surface area contributed by atoms with E-state index in [2.05, 4.69) is 26.1 Å². The van der Waals surface area contributed by atoms with Gasteiger partial charge in [0.25, 0.3) is 5.91 Å². The van der Waals surface area contributed by atoms with E-state index in [1.165, 1.54) is 0 Å². The van der Waals surface area contributed by atoms with Crippen LogP contribution in [-0.2, 0) is 24.2 Å². The molecule has 0 spiro atoms. The molecule has 1 aromatic heterocycles. The highest BCUT2D eigenvalue weighted by Gasteiger charge is 2.17. The molecular formula is C21H29N3O4. The minimum absolute atomic E-state index is 0.192. The van der Waals surface area contributed by atoms with E-state index in [0.29, 0.717) is 11.7 Å². The Kier molecular flexibility index (Phi) is 7.61. The molecule has 0 atom stereocenters. The predicted octanol–water partition coefficient (Wildman–Crippen LogP) is 3.41. The summed E-state index contributed by atoms with van der Waals surface area (Å²) < 4.78 is 5.46. The molecule has 2 amide bonds. The summed E-state index contributed by atoms with van der Waals surface area (Å²) in [4.78, 5) is 26.9. The highest BCUT2D eigenvalue weighted by atomic mass is 16.5. The summed E-state index contributed by atoms with van der Waals surface area (Å²) >= 11 is 0. The number of carbonyl (C=O) groups excluding carboxylic acids is 1. The molecule has 0 unspecified atom stereocenters. The third kappa shape index (κ3) is 5.84. The third-order valence-electron chi connectivity index (χ3n) is 4.44. The Morgan fingerprint density at radius 3 is 2.64 bits per heavy atom. The zero-order chi connectivity index (χ0) is 20.7. The number of pyridine rings is 1. The van der Waals surface area contributed by atoms with Gasteiger partial charge in [-0.05, 0) is 54.5 Å². The van der Waals surface area contributed by atoms with Crippen LogP contribution in [0.5, 0.6) is 5.75 Å². The summed E-state index contributed by atoms with van der Waals surface area (Å²) in [6, 6.07) is 5.51. The predicted molar refractivity (Wildman–Crippen MR) is 108 cm³/mol. The fourth-order valence-corrected chi connectivity index (χ4v) is 3.22. The Bertz CT molecular complexity index is 849. The first-order chi connectivity index (χ1) is 13.3. The lowest BCUT2D eigenvalue weighted by Gasteiger charge is -2.19. The highest BCUT2D eigenvalue weighted by molar-refractivity contribution is 5.85. The zero-order valence-corrected chi connectivity index (χ0v) is 16.7. The number of nitrogens with two attached hydrogens (primary N) is 1. The standard InChI is InChI=1S/C21H29N3O4/c1-4-5-6-15-16-10-14(28-12-20(22)25)7-8-18(16)24-19(9-13(2)3)17(15)11-23-21(26)27/h7-8,10,13,23H,4-6,9,11-12H2,1-3H3,(H2,22,25)(H,26,27). The summed E-state index contributed by atoms with van der Waals surface area (Å²) in [6.45, 7) is 6.38. The fraction of sp³-hybridized carbons (Fsp3) is 0.476. The van der Waals surface area contributed by atoms with Gasteiger partial charge in [0.2, 0.25) is 0 Å². The van der Waals surface area contributed by atoms with Crippen molar-refractivity contribution in [3.8, 4) is 5.75 Å². The molecule has 0 fully saturated rings. The smallest absolute Gasteiger partial charge is 0.404 e. The lowest BCUT2D eigenvalue weighted by atomic mass is 9.92. The normalized spacial score (nSPS) is 11.0. The van der Waals surface area contributed by atoms with Crippen molar-refractivity contribution in [1.82, 2.24) is 10.3 Å². The van der Waals surface area contributed by atoms with Crippen LogP contribution in [0.2, 0.25) is 0 Å². The zero-order valence-electron chi connectivity index (χ0n) is 16.7. The van der Waals surface area contributed by atoms with Gasteiger partial charge in [0.15, 0.2) is 6.61 Å². The number of benzene rings is 1. The summed E-state index contributed by atoms with van der Waals surface area (Å²) in [5, 5.41) is 12.5. The van der Waals surface area contributed by atoms with Gasteiger partial charge in [-0.1, -0.05) is 27.2 Å². The number of ether oxygens (including phenoxy) is 1. The van der Waals surface area contributed by atoms with E-state index in [1.807, 2.05) is 12.1 Å². The molecule has 0 radical (unpaired) electrons. The molecule has 0 bridgehead atoms. The van der Waals surface area contributed by atoms with E-state index < -0.39 is 12.0 Å². The van der Waals surface area contributed by atoms with Crippen LogP contribution in [-0.4, -0.2) is 28.7 Å². The monoisotopic (exact) mass is 387 g/mol. The van der Waals surface area contributed by atoms with E-state index in [0.717, 1.165) is 53.4 Å². The summed E-state index contributed by atoms with van der Waals surface area (Å²) in [7, 11) is 0. The molecule has 0 aliphatic carbocycles. The average molecular weight is 387 g/mol. The molecule has 2 rings (SSSR count). The van der Waals surface area contributed by atoms with Crippen LogP contribution in [0.3, 0.4) is 0 Å². The molecule has 2 aromatic rings. The summed E-state index contributed by atoms with van der Waals surface area (Å²) in [5.41, 5.74) is 8.95. The van der Waals surface area contributed by atoms with Crippen LogP contribution in [0.25, 0.3) is 10.9 Å². The van der Waals surface area contributed by atoms with Crippen molar-refractivity contribution in [3.63, 3.8) is 0 Å². The van der Waals surface area contributed by atoms with Gasteiger partial charge in [0, 0.05) is 17.6 Å². The molecule has 1 aromatic carbocycles. The van der Waals surface area contributed by atoms with Crippen LogP contribution in [0, 0.1) is 5.92 Å². The first kappa shape index (κ1) is 21.5. The van der Waals surface area contributed by atoms with Gasteiger partial charge in [-0.25, -0.2) is 4.79 Å². The van der Waals surface area contributed by atoms with E-state index >= 15 is 0 Å². The number of aryl methyl sites for hydroxylation is 1. The van der Waals surface area contributed by atoms with E-state index in [4.69, 9.17) is 20.6 Å². The van der Waals surface area contributed by atoms with E-state index in [1.54, 1.807) is 6.07 Å². The van der Waals surface area contributed by atoms with Crippen LogP contribution >= 0.6 is 0 Å². The molecule has 4 N–H and O–H groups in total. The molecule has 0 aliphatic heterocycles. The second kappa shape index (κ2) is 9.92. The van der Waals surface area contributed by atoms with Crippen molar-refractivity contribution >= 4 is 22.9 Å². The number of nitrogens with zero attached hydrogens (tertiary/aromatic N) is 1. The van der Waals surface area contributed by atoms with Crippen molar-refractivity contribution in [1.29, 1.82) is 0 Å². The number of nitrogens with one attached hydrogen (secondary N) is 1. The number of aromatic nitrogens is 1. The van der Waals surface area contributed by atoms with Gasteiger partial charge in [0.1, 0.15) is 5.75 Å². The highest BCUT2D eigenvalue weighted by Crippen LogP contribution is 2.30. The maximum absolute atomic E-state index is 11.1. The largest absolute Gasteiger partial charge is 0.484 e. The molecule has 7 nitrogen and oxygen atoms in total. The van der Waals surface area contributed by atoms with Gasteiger partial charge < -0.3 is 20.9 Å². The van der Waals surface area contributed by atoms with E-state index in [-0.39, 0.29) is 13.2 Å². The number of amides is 2. The molecule has 7 heteroatoms. The van der Waals surface area contributed by atoms with Crippen LogP contribution < -0.4 is 15.8 Å². The Morgan fingerprint density at radius 2 is 2.04 bits per heavy atom. The quantitative estimate of drug-likeness (QED) is 0.578. The van der Waals surface area contributed by atoms with Gasteiger partial charge in [-0.3, -0.25) is 9.78 Å². The van der Waals surface area contributed by atoms with Crippen molar-refractivity contribution in [2.45, 2.75) is 53.0 Å². The van der Waals surface area contributed by atoms with Crippen molar-refractivity contribution in [3.05, 3.63) is 35.0 Å². The van der Waals surface area contributed by atoms with Gasteiger partial charge in [0.05, 0.1) is 5.52 Å². The Labute approximate surface area is 165 Å². The Morgan fingerprint density at radius 1 is 1.29 bits per heavy atom. The minimum atomic E-state index is -1.06. The maximum Gasteiger partial charge on any atom is 0.404 e. The number of unbranched alkanes of at least 4 members (excludes halogenated alkanes) is 1. The first-order valence-corrected chi connectivity index (χ1v) is 9.64. The number of hydrogen-bond acceptors (Lipinski definition) is 4. The van der Waals surface area contributed by atoms with Crippen molar-refractivity contribution < 1.29 is 19.4 Å². The second-order valence-electron chi connectivity index (χ2n) is 7.31. The molecule has 0 aliphatic rings. The van der Waals surface area contributed by atoms with Crippen LogP contribution in [0.15, 0.2) is 18.2 Å². The number of carboxylic acid groups (broad SMARTS) is 1. The molecular weight excluding hydrogens is 358 g/mol. The minimum Gasteiger partial charge on any atom is -0.484 e. The second-order valence-corrected chi connectivity index (χ2v) is 7.31. The van der Waals surface area contributed by atoms with Crippen molar-refractivity contribution in [2.24, 2.45) is 11.7 Å². The molecule has 0 saturated heterocycles. The number of hydrogen-bond donors (Lipinski definition) is 3. The number of carbonyl (C=O) groups is 2. The van der Waals surface area contributed by atoms with E-state index in [9.17, 15) is 9.59 Å². The van der Waals surface area contributed by atoms with Gasteiger partial charge in [-0.15, -0.1) is 0 Å². The Hall–Kier alpha value is -2.83. The van der Waals surface area contributed by atoms with Crippen LogP contribution in [0.1, 0.15) is 50.4 Å². The summed E-state index contributed by atoms with van der Waals surface area (Å²) in [6.07, 6.45) is 2.53. The lowest BCUT2D eigenvalue weighted by molar-refractivity contribution is -0.119. The molecule has 28 heavy (non-hydrogen) atoms. The maximum atomic E-state index is 11.1. The van der Waals surface area contributed by atoms with Gasteiger partial charge in [-0.2, -0.15) is 0 Å². The number of rotatable bonds is 10. The molecule has 0 saturated carbocycles. The summed E-state index contributed by atoms with van der Waals surface area (Å²) in [5.74, 6) is 0.397. The number of fused-ring (bicyclic) bond motifs is 1. The SMILES string of the molecule is CCCCc1c(CNC(=O)O)c(CC(C)C)nc2ccc(OCC(N)=O)cc12. The lowest BCUT2D eigenvalue weighted by Crippen LogP contribution is -2.23.